The van der Waals surface area contributed by atoms with Gasteiger partial charge in [-0.25, -0.2) is 0 Å². The monoisotopic (exact) mass is 242 g/mol. The minimum atomic E-state index is -0.0999. The number of carbonyl (C=O) groups is 2. The Bertz CT molecular complexity index is 268. The molecule has 5 nitrogen and oxygen atoms in total. The molecule has 1 heterocycles. The Kier molecular flexibility index (Phi) is 5.97. The van der Waals surface area contributed by atoms with Crippen molar-refractivity contribution in [2.45, 2.75) is 26.2 Å². The summed E-state index contributed by atoms with van der Waals surface area (Å²) in [4.78, 5) is 24.9. The molecular weight excluding hydrogens is 220 g/mol. The van der Waals surface area contributed by atoms with Gasteiger partial charge in [0, 0.05) is 26.6 Å². The number of esters is 1. The molecule has 1 N–H and O–H groups in total. The van der Waals surface area contributed by atoms with Crippen LogP contribution in [0.1, 0.15) is 26.2 Å². The van der Waals surface area contributed by atoms with Gasteiger partial charge in [0.15, 0.2) is 0 Å². The van der Waals surface area contributed by atoms with Gasteiger partial charge in [0.05, 0.1) is 12.5 Å². The summed E-state index contributed by atoms with van der Waals surface area (Å²) in [5, 5.41) is 2.60. The minimum absolute atomic E-state index is 0.0200. The molecule has 1 amide bonds. The van der Waals surface area contributed by atoms with Crippen molar-refractivity contribution in [1.29, 1.82) is 0 Å². The molecule has 1 aliphatic heterocycles. The van der Waals surface area contributed by atoms with Crippen molar-refractivity contribution >= 4 is 11.9 Å². The van der Waals surface area contributed by atoms with Crippen LogP contribution in [0.2, 0.25) is 0 Å². The maximum Gasteiger partial charge on any atom is 0.310 e. The maximum atomic E-state index is 11.6. The van der Waals surface area contributed by atoms with Crippen LogP contribution in [0, 0.1) is 5.92 Å². The first-order valence-electron chi connectivity index (χ1n) is 6.27. The Morgan fingerprint density at radius 1 is 1.47 bits per heavy atom. The second kappa shape index (κ2) is 7.27. The van der Waals surface area contributed by atoms with Crippen LogP contribution < -0.4 is 5.32 Å². The van der Waals surface area contributed by atoms with Crippen LogP contribution in [-0.2, 0) is 14.3 Å². The molecule has 0 radical (unpaired) electrons. The highest BCUT2D eigenvalue weighted by Crippen LogP contribution is 2.17. The van der Waals surface area contributed by atoms with Gasteiger partial charge >= 0.3 is 5.97 Å². The number of carbonyl (C=O) groups excluding carboxylic acids is 2. The summed E-state index contributed by atoms with van der Waals surface area (Å²) < 4.78 is 5.03. The van der Waals surface area contributed by atoms with Gasteiger partial charge in [-0.1, -0.05) is 0 Å². The quantitative estimate of drug-likeness (QED) is 0.709. The van der Waals surface area contributed by atoms with Crippen molar-refractivity contribution < 1.29 is 14.3 Å². The number of rotatable bonds is 5. The third-order valence-corrected chi connectivity index (χ3v) is 3.06. The molecule has 1 atom stereocenters. The molecule has 1 aliphatic rings. The van der Waals surface area contributed by atoms with Gasteiger partial charge in [-0.2, -0.15) is 0 Å². The van der Waals surface area contributed by atoms with E-state index in [1.165, 1.54) is 0 Å². The van der Waals surface area contributed by atoms with E-state index in [0.29, 0.717) is 13.0 Å². The number of hydrogen-bond donors (Lipinski definition) is 1. The molecule has 0 saturated carbocycles. The largest absolute Gasteiger partial charge is 0.466 e. The second-order valence-corrected chi connectivity index (χ2v) is 4.31. The van der Waals surface area contributed by atoms with Crippen LogP contribution in [0.3, 0.4) is 0 Å². The highest BCUT2D eigenvalue weighted by molar-refractivity contribution is 5.75. The van der Waals surface area contributed by atoms with E-state index in [9.17, 15) is 9.59 Å². The predicted molar refractivity (Wildman–Crippen MR) is 64.5 cm³/mol. The molecule has 0 spiro atoms. The summed E-state index contributed by atoms with van der Waals surface area (Å²) >= 11 is 0. The molecule has 1 fully saturated rings. The topological polar surface area (TPSA) is 58.6 Å². The number of likely N-dealkylation sites (tertiary alicyclic amines) is 1. The smallest absolute Gasteiger partial charge is 0.310 e. The Balaban J connectivity index is 2.33. The molecule has 0 aliphatic carbocycles. The van der Waals surface area contributed by atoms with E-state index >= 15 is 0 Å². The second-order valence-electron chi connectivity index (χ2n) is 4.31. The van der Waals surface area contributed by atoms with Crippen LogP contribution in [-0.4, -0.2) is 50.1 Å². The molecule has 0 aromatic heterocycles. The van der Waals surface area contributed by atoms with Gasteiger partial charge in [0.25, 0.3) is 0 Å². The van der Waals surface area contributed by atoms with Gasteiger partial charge < -0.3 is 15.0 Å². The highest BCUT2D eigenvalue weighted by Gasteiger charge is 2.26. The molecule has 0 aromatic rings. The van der Waals surface area contributed by atoms with E-state index < -0.39 is 0 Å². The summed E-state index contributed by atoms with van der Waals surface area (Å²) in [6, 6.07) is 0. The number of nitrogens with one attached hydrogen (secondary N) is 1. The van der Waals surface area contributed by atoms with E-state index in [1.54, 1.807) is 7.05 Å². The first-order chi connectivity index (χ1) is 8.17. The van der Waals surface area contributed by atoms with Crippen LogP contribution in [0.5, 0.6) is 0 Å². The fourth-order valence-electron chi connectivity index (χ4n) is 2.10. The fourth-order valence-corrected chi connectivity index (χ4v) is 2.10. The third kappa shape index (κ3) is 4.73. The molecule has 0 unspecified atom stereocenters. The lowest BCUT2D eigenvalue weighted by Gasteiger charge is -2.31. The average molecular weight is 242 g/mol. The Labute approximate surface area is 102 Å². The van der Waals surface area contributed by atoms with Gasteiger partial charge in [0.2, 0.25) is 5.91 Å². The minimum Gasteiger partial charge on any atom is -0.466 e. The van der Waals surface area contributed by atoms with Crippen molar-refractivity contribution in [1.82, 2.24) is 10.2 Å². The molecule has 5 heteroatoms. The normalized spacial score (nSPS) is 20.9. The van der Waals surface area contributed by atoms with Crippen molar-refractivity contribution in [3.63, 3.8) is 0 Å². The Morgan fingerprint density at radius 2 is 2.24 bits per heavy atom. The maximum absolute atomic E-state index is 11.6. The molecular formula is C12H22N2O3. The van der Waals surface area contributed by atoms with Crippen molar-refractivity contribution in [2.75, 3.05) is 33.3 Å². The van der Waals surface area contributed by atoms with Crippen molar-refractivity contribution in [3.05, 3.63) is 0 Å². The first kappa shape index (κ1) is 14.0. The number of amides is 1. The van der Waals surface area contributed by atoms with Gasteiger partial charge in [0.1, 0.15) is 0 Å². The molecule has 1 saturated heterocycles. The lowest BCUT2D eigenvalue weighted by molar-refractivity contribution is -0.149. The van der Waals surface area contributed by atoms with Crippen LogP contribution in [0.4, 0.5) is 0 Å². The van der Waals surface area contributed by atoms with E-state index in [4.69, 9.17) is 4.74 Å². The Morgan fingerprint density at radius 3 is 2.88 bits per heavy atom. The summed E-state index contributed by atoms with van der Waals surface area (Å²) in [5.74, 6) is -0.0752. The predicted octanol–water partition coefficient (Wildman–Crippen LogP) is 0.398. The van der Waals surface area contributed by atoms with Crippen LogP contribution in [0.15, 0.2) is 0 Å². The van der Waals surface area contributed by atoms with Gasteiger partial charge in [-0.3, -0.25) is 9.59 Å². The number of hydrogen-bond acceptors (Lipinski definition) is 4. The lowest BCUT2D eigenvalue weighted by Crippen LogP contribution is -2.40. The van der Waals surface area contributed by atoms with E-state index in [-0.39, 0.29) is 17.8 Å². The van der Waals surface area contributed by atoms with Gasteiger partial charge in [-0.05, 0) is 26.3 Å². The SMILES string of the molecule is CCOC(=O)[C@@H]1CCCN(CCC(=O)NC)C1. The zero-order valence-corrected chi connectivity index (χ0v) is 10.7. The number of ether oxygens (including phenoxy) is 1. The Hall–Kier alpha value is -1.10. The summed E-state index contributed by atoms with van der Waals surface area (Å²) in [7, 11) is 1.64. The van der Waals surface area contributed by atoms with E-state index in [2.05, 4.69) is 10.2 Å². The first-order valence-corrected chi connectivity index (χ1v) is 6.27. The van der Waals surface area contributed by atoms with Crippen LogP contribution >= 0.6 is 0 Å². The highest BCUT2D eigenvalue weighted by atomic mass is 16.5. The summed E-state index contributed by atoms with van der Waals surface area (Å²) in [6.07, 6.45) is 2.39. The number of piperidine rings is 1. The molecule has 17 heavy (non-hydrogen) atoms. The average Bonchev–Trinajstić information content (AvgIpc) is 2.36. The zero-order chi connectivity index (χ0) is 12.7. The van der Waals surface area contributed by atoms with Crippen molar-refractivity contribution in [2.24, 2.45) is 5.92 Å². The number of nitrogens with zero attached hydrogens (tertiary/aromatic N) is 1. The molecule has 1 rings (SSSR count). The zero-order valence-electron chi connectivity index (χ0n) is 10.7. The third-order valence-electron chi connectivity index (χ3n) is 3.06. The fraction of sp³-hybridized carbons (Fsp3) is 0.833. The lowest BCUT2D eigenvalue weighted by atomic mass is 9.98. The van der Waals surface area contributed by atoms with E-state index in [1.807, 2.05) is 6.92 Å². The van der Waals surface area contributed by atoms with E-state index in [0.717, 1.165) is 32.5 Å². The molecule has 0 aromatic carbocycles. The molecule has 98 valence electrons. The summed E-state index contributed by atoms with van der Waals surface area (Å²) in [5.41, 5.74) is 0. The summed E-state index contributed by atoms with van der Waals surface area (Å²) in [6.45, 7) is 4.66. The van der Waals surface area contributed by atoms with Gasteiger partial charge in [-0.15, -0.1) is 0 Å². The van der Waals surface area contributed by atoms with Crippen LogP contribution in [0.25, 0.3) is 0 Å². The molecule has 0 bridgehead atoms. The standard InChI is InChI=1S/C12H22N2O3/c1-3-17-12(16)10-5-4-7-14(9-10)8-6-11(15)13-2/h10H,3-9H2,1-2H3,(H,13,15)/t10-/m1/s1. The van der Waals surface area contributed by atoms with Crippen molar-refractivity contribution in [3.8, 4) is 0 Å².